The molecule has 3 N–H and O–H groups in total. The molecule has 0 saturated heterocycles. The van der Waals surface area contributed by atoms with Crippen LogP contribution in [0.15, 0.2) is 24.3 Å². The van der Waals surface area contributed by atoms with Crippen LogP contribution in [0.2, 0.25) is 0 Å². The molecule has 1 aromatic carbocycles. The first-order valence-corrected chi connectivity index (χ1v) is 6.43. The van der Waals surface area contributed by atoms with E-state index in [1.807, 2.05) is 0 Å². The van der Waals surface area contributed by atoms with Crippen molar-refractivity contribution < 1.29 is 23.9 Å². The van der Waals surface area contributed by atoms with Crippen molar-refractivity contribution in [2.24, 2.45) is 5.73 Å². The SMILES string of the molecule is CCOC(=O)C(C)NC(=O)COc1ccccc1C(N)=O. The third-order valence-corrected chi connectivity index (χ3v) is 2.53. The Labute approximate surface area is 122 Å². The van der Waals surface area contributed by atoms with Crippen molar-refractivity contribution in [2.75, 3.05) is 13.2 Å². The van der Waals surface area contributed by atoms with Gasteiger partial charge in [-0.3, -0.25) is 9.59 Å². The van der Waals surface area contributed by atoms with E-state index in [9.17, 15) is 14.4 Å². The summed E-state index contributed by atoms with van der Waals surface area (Å²) in [5.74, 6) is -1.46. The molecule has 0 heterocycles. The van der Waals surface area contributed by atoms with E-state index in [0.717, 1.165) is 0 Å². The molecule has 0 aliphatic heterocycles. The normalized spacial score (nSPS) is 11.3. The van der Waals surface area contributed by atoms with Crippen molar-refractivity contribution in [3.05, 3.63) is 29.8 Å². The van der Waals surface area contributed by atoms with Gasteiger partial charge in [0.15, 0.2) is 6.61 Å². The van der Waals surface area contributed by atoms with Crippen LogP contribution in [0.3, 0.4) is 0 Å². The molecule has 0 aliphatic carbocycles. The number of benzene rings is 1. The van der Waals surface area contributed by atoms with Gasteiger partial charge in [-0.05, 0) is 26.0 Å². The number of carbonyl (C=O) groups excluding carboxylic acids is 3. The fourth-order valence-corrected chi connectivity index (χ4v) is 1.55. The minimum atomic E-state index is -0.771. The van der Waals surface area contributed by atoms with E-state index in [0.29, 0.717) is 0 Å². The van der Waals surface area contributed by atoms with Gasteiger partial charge in [0.1, 0.15) is 11.8 Å². The molecule has 0 bridgehead atoms. The summed E-state index contributed by atoms with van der Waals surface area (Å²) >= 11 is 0. The van der Waals surface area contributed by atoms with Gasteiger partial charge >= 0.3 is 5.97 Å². The van der Waals surface area contributed by atoms with E-state index in [4.69, 9.17) is 15.2 Å². The molecule has 21 heavy (non-hydrogen) atoms. The summed E-state index contributed by atoms with van der Waals surface area (Å²) in [5.41, 5.74) is 5.38. The molecule has 1 unspecified atom stereocenters. The minimum Gasteiger partial charge on any atom is -0.483 e. The number of primary amides is 1. The number of amides is 2. The van der Waals surface area contributed by atoms with Crippen molar-refractivity contribution in [1.29, 1.82) is 0 Å². The fourth-order valence-electron chi connectivity index (χ4n) is 1.55. The number of para-hydroxylation sites is 1. The van der Waals surface area contributed by atoms with Gasteiger partial charge in [-0.1, -0.05) is 12.1 Å². The second-order valence-corrected chi connectivity index (χ2v) is 4.19. The van der Waals surface area contributed by atoms with Crippen LogP contribution in [0, 0.1) is 0 Å². The zero-order valence-corrected chi connectivity index (χ0v) is 11.9. The van der Waals surface area contributed by atoms with E-state index in [1.165, 1.54) is 19.1 Å². The molecule has 0 saturated carbocycles. The van der Waals surface area contributed by atoms with Gasteiger partial charge in [0.05, 0.1) is 12.2 Å². The van der Waals surface area contributed by atoms with Crippen molar-refractivity contribution in [3.63, 3.8) is 0 Å². The Morgan fingerprint density at radius 3 is 2.57 bits per heavy atom. The summed E-state index contributed by atoms with van der Waals surface area (Å²) in [6, 6.07) is 5.54. The lowest BCUT2D eigenvalue weighted by atomic mass is 10.2. The topological polar surface area (TPSA) is 108 Å². The highest BCUT2D eigenvalue weighted by Crippen LogP contribution is 2.16. The second-order valence-electron chi connectivity index (χ2n) is 4.19. The molecule has 0 radical (unpaired) electrons. The molecule has 114 valence electrons. The first kappa shape index (κ1) is 16.5. The lowest BCUT2D eigenvalue weighted by Crippen LogP contribution is -2.41. The molecule has 0 aromatic heterocycles. The maximum Gasteiger partial charge on any atom is 0.328 e. The molecule has 2 amide bonds. The number of esters is 1. The molecular formula is C14H18N2O5. The molecule has 0 spiro atoms. The number of hydrogen-bond donors (Lipinski definition) is 2. The maximum absolute atomic E-state index is 11.7. The predicted octanol–water partition coefficient (Wildman–Crippen LogP) is 0.232. The first-order chi connectivity index (χ1) is 9.95. The summed E-state index contributed by atoms with van der Waals surface area (Å²) < 4.78 is 10.00. The minimum absolute atomic E-state index is 0.184. The average Bonchev–Trinajstić information content (AvgIpc) is 2.45. The molecule has 1 rings (SSSR count). The lowest BCUT2D eigenvalue weighted by Gasteiger charge is -2.13. The number of nitrogens with one attached hydrogen (secondary N) is 1. The third kappa shape index (κ3) is 5.13. The number of ether oxygens (including phenoxy) is 2. The standard InChI is InChI=1S/C14H18N2O5/c1-3-20-14(19)9(2)16-12(17)8-21-11-7-5-4-6-10(11)13(15)18/h4-7,9H,3,8H2,1-2H3,(H2,15,18)(H,16,17). The monoisotopic (exact) mass is 294 g/mol. The predicted molar refractivity (Wildman–Crippen MR) is 74.7 cm³/mol. The van der Waals surface area contributed by atoms with Crippen LogP contribution in [0.1, 0.15) is 24.2 Å². The van der Waals surface area contributed by atoms with Crippen molar-refractivity contribution in [2.45, 2.75) is 19.9 Å². The smallest absolute Gasteiger partial charge is 0.328 e. The van der Waals surface area contributed by atoms with Crippen molar-refractivity contribution in [1.82, 2.24) is 5.32 Å². The lowest BCUT2D eigenvalue weighted by molar-refractivity contribution is -0.147. The van der Waals surface area contributed by atoms with Crippen LogP contribution >= 0.6 is 0 Å². The Balaban J connectivity index is 2.54. The summed E-state index contributed by atoms with van der Waals surface area (Å²) in [5, 5.41) is 2.43. The maximum atomic E-state index is 11.7. The number of rotatable bonds is 7. The zero-order chi connectivity index (χ0) is 15.8. The van der Waals surface area contributed by atoms with Crippen LogP contribution in [-0.2, 0) is 14.3 Å². The third-order valence-electron chi connectivity index (χ3n) is 2.53. The fraction of sp³-hybridized carbons (Fsp3) is 0.357. The summed E-state index contributed by atoms with van der Waals surface area (Å²) in [4.78, 5) is 34.2. The van der Waals surface area contributed by atoms with Crippen molar-refractivity contribution >= 4 is 17.8 Å². The summed E-state index contributed by atoms with van der Waals surface area (Å²) in [7, 11) is 0. The summed E-state index contributed by atoms with van der Waals surface area (Å²) in [6.07, 6.45) is 0. The first-order valence-electron chi connectivity index (χ1n) is 6.43. The van der Waals surface area contributed by atoms with Crippen LogP contribution in [0.5, 0.6) is 5.75 Å². The van der Waals surface area contributed by atoms with Gasteiger partial charge in [-0.15, -0.1) is 0 Å². The molecule has 0 fully saturated rings. The Morgan fingerprint density at radius 2 is 1.95 bits per heavy atom. The number of hydrogen-bond acceptors (Lipinski definition) is 5. The number of carbonyl (C=O) groups is 3. The van der Waals surface area contributed by atoms with Gasteiger partial charge in [0.25, 0.3) is 11.8 Å². The molecule has 7 nitrogen and oxygen atoms in total. The Hall–Kier alpha value is -2.57. The van der Waals surface area contributed by atoms with E-state index >= 15 is 0 Å². The highest BCUT2D eigenvalue weighted by atomic mass is 16.5. The Kier molecular flexibility index (Phi) is 6.19. The van der Waals surface area contributed by atoms with Gasteiger partial charge in [-0.25, -0.2) is 4.79 Å². The van der Waals surface area contributed by atoms with Gasteiger partial charge in [0.2, 0.25) is 0 Å². The van der Waals surface area contributed by atoms with Crippen LogP contribution in [-0.4, -0.2) is 37.0 Å². The zero-order valence-electron chi connectivity index (χ0n) is 11.9. The van der Waals surface area contributed by atoms with Gasteiger partial charge < -0.3 is 20.5 Å². The quantitative estimate of drug-likeness (QED) is 0.700. The van der Waals surface area contributed by atoms with E-state index in [1.54, 1.807) is 19.1 Å². The van der Waals surface area contributed by atoms with Gasteiger partial charge in [-0.2, -0.15) is 0 Å². The Morgan fingerprint density at radius 1 is 1.29 bits per heavy atom. The second kappa shape index (κ2) is 7.88. The molecule has 1 atom stereocenters. The van der Waals surface area contributed by atoms with Crippen LogP contribution in [0.25, 0.3) is 0 Å². The number of nitrogens with two attached hydrogens (primary N) is 1. The average molecular weight is 294 g/mol. The van der Waals surface area contributed by atoms with Crippen LogP contribution in [0.4, 0.5) is 0 Å². The largest absolute Gasteiger partial charge is 0.483 e. The Bertz CT molecular complexity index is 530. The highest BCUT2D eigenvalue weighted by Gasteiger charge is 2.17. The summed E-state index contributed by atoms with van der Waals surface area (Å²) in [6.45, 7) is 3.08. The highest BCUT2D eigenvalue weighted by molar-refractivity contribution is 5.95. The van der Waals surface area contributed by atoms with E-state index in [2.05, 4.69) is 5.32 Å². The van der Waals surface area contributed by atoms with E-state index in [-0.39, 0.29) is 24.5 Å². The molecule has 1 aromatic rings. The van der Waals surface area contributed by atoms with Gasteiger partial charge in [0, 0.05) is 0 Å². The molecule has 0 aliphatic rings. The molecule has 7 heteroatoms. The van der Waals surface area contributed by atoms with E-state index < -0.39 is 23.8 Å². The van der Waals surface area contributed by atoms with Crippen LogP contribution < -0.4 is 15.8 Å². The molecular weight excluding hydrogens is 276 g/mol. The van der Waals surface area contributed by atoms with Crippen molar-refractivity contribution in [3.8, 4) is 5.75 Å².